The van der Waals surface area contributed by atoms with Crippen LogP contribution in [0.5, 0.6) is 0 Å². The van der Waals surface area contributed by atoms with Crippen LogP contribution in [0.2, 0.25) is 0 Å². The molecule has 0 aromatic carbocycles. The Morgan fingerprint density at radius 2 is 2.33 bits per heavy atom. The van der Waals surface area contributed by atoms with Crippen molar-refractivity contribution in [3.8, 4) is 0 Å². The normalized spacial score (nSPS) is 23.2. The largest absolute Gasteiger partial charge is 0.378 e. The Hall–Kier alpha value is 0.270. The number of ether oxygens (including phenoxy) is 1. The first-order valence-corrected chi connectivity index (χ1v) is 7.47. The number of hydrogen-bond donors (Lipinski definition) is 1. The van der Waals surface area contributed by atoms with Crippen LogP contribution in [0.4, 0.5) is 0 Å². The highest BCUT2D eigenvalue weighted by atomic mass is 32.2. The van der Waals surface area contributed by atoms with E-state index >= 15 is 0 Å². The second-order valence-electron chi connectivity index (χ2n) is 4.36. The maximum Gasteiger partial charge on any atom is 0.0576 e. The van der Waals surface area contributed by atoms with E-state index in [2.05, 4.69) is 18.5 Å². The van der Waals surface area contributed by atoms with E-state index in [-0.39, 0.29) is 0 Å². The van der Waals surface area contributed by atoms with Crippen molar-refractivity contribution in [2.75, 3.05) is 26.0 Å². The number of hydrogen-bond acceptors (Lipinski definition) is 3. The number of nitrogens with one attached hydrogen (secondary N) is 1. The van der Waals surface area contributed by atoms with E-state index in [4.69, 9.17) is 4.74 Å². The minimum Gasteiger partial charge on any atom is -0.378 e. The van der Waals surface area contributed by atoms with Crippen molar-refractivity contribution in [2.24, 2.45) is 0 Å². The van der Waals surface area contributed by atoms with Gasteiger partial charge in [-0.1, -0.05) is 6.92 Å². The minimum atomic E-state index is 0.567. The zero-order valence-electron chi connectivity index (χ0n) is 10.1. The number of thioether (sulfide) groups is 1. The Kier molecular flexibility index (Phi) is 7.49. The van der Waals surface area contributed by atoms with Crippen molar-refractivity contribution in [1.29, 1.82) is 0 Å². The second-order valence-corrected chi connectivity index (χ2v) is 5.64. The van der Waals surface area contributed by atoms with E-state index in [9.17, 15) is 0 Å². The molecule has 1 aliphatic heterocycles. The van der Waals surface area contributed by atoms with Gasteiger partial charge < -0.3 is 10.1 Å². The smallest absolute Gasteiger partial charge is 0.0576 e. The van der Waals surface area contributed by atoms with Crippen molar-refractivity contribution in [3.63, 3.8) is 0 Å². The summed E-state index contributed by atoms with van der Waals surface area (Å²) in [5.74, 6) is 0. The summed E-state index contributed by atoms with van der Waals surface area (Å²) in [4.78, 5) is 0. The van der Waals surface area contributed by atoms with Gasteiger partial charge in [-0.15, -0.1) is 0 Å². The first kappa shape index (κ1) is 13.3. The van der Waals surface area contributed by atoms with Gasteiger partial charge in [0.05, 0.1) is 6.10 Å². The summed E-state index contributed by atoms with van der Waals surface area (Å²) in [5, 5.41) is 4.29. The Bertz CT molecular complexity index is 149. The highest BCUT2D eigenvalue weighted by Crippen LogP contribution is 2.16. The van der Waals surface area contributed by atoms with E-state index in [0.717, 1.165) is 24.9 Å². The Labute approximate surface area is 98.5 Å². The van der Waals surface area contributed by atoms with Gasteiger partial charge in [0.25, 0.3) is 0 Å². The SMILES string of the molecule is CSC(C)CCNCCCC1CCCO1. The number of rotatable bonds is 8. The summed E-state index contributed by atoms with van der Waals surface area (Å²) < 4.78 is 5.58. The van der Waals surface area contributed by atoms with Crippen molar-refractivity contribution < 1.29 is 4.74 Å². The zero-order valence-corrected chi connectivity index (χ0v) is 10.9. The molecule has 90 valence electrons. The van der Waals surface area contributed by atoms with Crippen molar-refractivity contribution in [1.82, 2.24) is 5.32 Å². The van der Waals surface area contributed by atoms with Gasteiger partial charge in [0, 0.05) is 11.9 Å². The molecule has 2 atom stereocenters. The van der Waals surface area contributed by atoms with Crippen LogP contribution >= 0.6 is 11.8 Å². The van der Waals surface area contributed by atoms with Gasteiger partial charge in [-0.05, 0) is 51.4 Å². The van der Waals surface area contributed by atoms with Crippen LogP contribution < -0.4 is 5.32 Å². The lowest BCUT2D eigenvalue weighted by Gasteiger charge is -2.11. The van der Waals surface area contributed by atoms with Crippen LogP contribution in [0.3, 0.4) is 0 Å². The molecule has 15 heavy (non-hydrogen) atoms. The monoisotopic (exact) mass is 231 g/mol. The molecule has 0 amide bonds. The Morgan fingerprint density at radius 3 is 3.00 bits per heavy atom. The van der Waals surface area contributed by atoms with Gasteiger partial charge in [-0.2, -0.15) is 11.8 Å². The van der Waals surface area contributed by atoms with E-state index < -0.39 is 0 Å². The molecule has 0 aromatic rings. The fourth-order valence-electron chi connectivity index (χ4n) is 1.87. The summed E-state index contributed by atoms with van der Waals surface area (Å²) in [6.45, 7) is 5.59. The van der Waals surface area contributed by atoms with Crippen LogP contribution in [-0.2, 0) is 4.74 Å². The van der Waals surface area contributed by atoms with E-state index in [0.29, 0.717) is 6.10 Å². The van der Waals surface area contributed by atoms with E-state index in [1.165, 1.54) is 32.1 Å². The quantitative estimate of drug-likeness (QED) is 0.649. The van der Waals surface area contributed by atoms with Gasteiger partial charge in [-0.25, -0.2) is 0 Å². The molecule has 1 N–H and O–H groups in total. The fraction of sp³-hybridized carbons (Fsp3) is 1.00. The standard InChI is InChI=1S/C12H25NOS/c1-11(15-2)7-9-13-8-3-5-12-6-4-10-14-12/h11-13H,3-10H2,1-2H3. The molecule has 1 aliphatic rings. The predicted molar refractivity (Wildman–Crippen MR) is 68.7 cm³/mol. The second kappa shape index (κ2) is 8.43. The molecule has 0 radical (unpaired) electrons. The van der Waals surface area contributed by atoms with Crippen LogP contribution in [-0.4, -0.2) is 37.3 Å². The van der Waals surface area contributed by atoms with Gasteiger partial charge in [-0.3, -0.25) is 0 Å². The first-order valence-electron chi connectivity index (χ1n) is 6.18. The van der Waals surface area contributed by atoms with E-state index in [1.807, 2.05) is 11.8 Å². The molecule has 0 saturated carbocycles. The van der Waals surface area contributed by atoms with Crippen LogP contribution in [0.25, 0.3) is 0 Å². The van der Waals surface area contributed by atoms with Crippen molar-refractivity contribution >= 4 is 11.8 Å². The van der Waals surface area contributed by atoms with Gasteiger partial charge >= 0.3 is 0 Å². The summed E-state index contributed by atoms with van der Waals surface area (Å²) in [5.41, 5.74) is 0. The molecular weight excluding hydrogens is 206 g/mol. The summed E-state index contributed by atoms with van der Waals surface area (Å²) in [7, 11) is 0. The lowest BCUT2D eigenvalue weighted by molar-refractivity contribution is 0.102. The highest BCUT2D eigenvalue weighted by Gasteiger charge is 2.14. The maximum absolute atomic E-state index is 5.58. The average Bonchev–Trinajstić information content (AvgIpc) is 2.75. The van der Waals surface area contributed by atoms with Crippen LogP contribution in [0.15, 0.2) is 0 Å². The van der Waals surface area contributed by atoms with Crippen molar-refractivity contribution in [3.05, 3.63) is 0 Å². The molecule has 0 aliphatic carbocycles. The molecule has 0 aromatic heterocycles. The van der Waals surface area contributed by atoms with E-state index in [1.54, 1.807) is 0 Å². The van der Waals surface area contributed by atoms with Crippen molar-refractivity contribution in [2.45, 2.75) is 50.4 Å². The minimum absolute atomic E-state index is 0.567. The van der Waals surface area contributed by atoms with Crippen LogP contribution in [0.1, 0.15) is 39.0 Å². The molecule has 1 heterocycles. The Morgan fingerprint density at radius 1 is 1.47 bits per heavy atom. The summed E-state index contributed by atoms with van der Waals surface area (Å²) in [6.07, 6.45) is 9.08. The average molecular weight is 231 g/mol. The third-order valence-electron chi connectivity index (χ3n) is 3.03. The molecule has 2 unspecified atom stereocenters. The third kappa shape index (κ3) is 6.44. The predicted octanol–water partition coefficient (Wildman–Crippen LogP) is 2.68. The fourth-order valence-corrected chi connectivity index (χ4v) is 2.23. The molecule has 3 heteroatoms. The molecule has 1 rings (SSSR count). The van der Waals surface area contributed by atoms with Crippen LogP contribution in [0, 0.1) is 0 Å². The molecule has 0 bridgehead atoms. The molecule has 0 spiro atoms. The molecule has 2 nitrogen and oxygen atoms in total. The van der Waals surface area contributed by atoms with Gasteiger partial charge in [0.2, 0.25) is 0 Å². The lowest BCUT2D eigenvalue weighted by atomic mass is 10.1. The Balaban J connectivity index is 1.80. The van der Waals surface area contributed by atoms with Gasteiger partial charge in [0.1, 0.15) is 0 Å². The van der Waals surface area contributed by atoms with Gasteiger partial charge in [0.15, 0.2) is 0 Å². The topological polar surface area (TPSA) is 21.3 Å². The molecular formula is C12H25NOS. The highest BCUT2D eigenvalue weighted by molar-refractivity contribution is 7.99. The first-order chi connectivity index (χ1) is 7.33. The molecule has 1 fully saturated rings. The third-order valence-corrected chi connectivity index (χ3v) is 4.07. The summed E-state index contributed by atoms with van der Waals surface area (Å²) in [6, 6.07) is 0. The summed E-state index contributed by atoms with van der Waals surface area (Å²) >= 11 is 1.95. The molecule has 1 saturated heterocycles. The maximum atomic E-state index is 5.58. The lowest BCUT2D eigenvalue weighted by Crippen LogP contribution is -2.20. The zero-order chi connectivity index (χ0) is 10.9.